The van der Waals surface area contributed by atoms with Crippen molar-refractivity contribution in [2.24, 2.45) is 23.5 Å². The molecule has 4 atom stereocenters. The third kappa shape index (κ3) is 0.872. The van der Waals surface area contributed by atoms with Crippen molar-refractivity contribution in [2.75, 3.05) is 0 Å². The number of fused-ring (bicyclic) bond motifs is 2. The first-order valence-electron chi connectivity index (χ1n) is 4.17. The maximum Gasteiger partial charge on any atom is 0.223 e. The number of aliphatic hydroxyl groups excluding tert-OH is 1. The van der Waals surface area contributed by atoms with E-state index in [9.17, 15) is 9.90 Å². The van der Waals surface area contributed by atoms with Crippen LogP contribution in [0.5, 0.6) is 0 Å². The van der Waals surface area contributed by atoms with Crippen LogP contribution in [0.2, 0.25) is 0 Å². The van der Waals surface area contributed by atoms with Crippen LogP contribution in [-0.4, -0.2) is 17.1 Å². The zero-order valence-electron chi connectivity index (χ0n) is 6.36. The molecule has 0 aliphatic heterocycles. The summed E-state index contributed by atoms with van der Waals surface area (Å²) < 4.78 is 0. The van der Waals surface area contributed by atoms with Gasteiger partial charge in [-0.1, -0.05) is 0 Å². The maximum absolute atomic E-state index is 10.9. The molecule has 0 saturated heterocycles. The van der Waals surface area contributed by atoms with E-state index in [-0.39, 0.29) is 11.8 Å². The highest BCUT2D eigenvalue weighted by atomic mass is 16.3. The number of primary amides is 1. The number of hydrogen-bond donors (Lipinski definition) is 2. The van der Waals surface area contributed by atoms with Crippen molar-refractivity contribution in [1.29, 1.82) is 0 Å². The Balaban J connectivity index is 2.17. The lowest BCUT2D eigenvalue weighted by molar-refractivity contribution is -0.127. The van der Waals surface area contributed by atoms with Crippen LogP contribution in [-0.2, 0) is 4.79 Å². The average Bonchev–Trinajstić information content (AvgIpc) is 2.44. The van der Waals surface area contributed by atoms with E-state index >= 15 is 0 Å². The van der Waals surface area contributed by atoms with Crippen LogP contribution in [0.1, 0.15) is 19.3 Å². The van der Waals surface area contributed by atoms with Gasteiger partial charge in [-0.3, -0.25) is 4.79 Å². The van der Waals surface area contributed by atoms with E-state index in [1.54, 1.807) is 0 Å². The lowest BCUT2D eigenvalue weighted by Crippen LogP contribution is -2.37. The summed E-state index contributed by atoms with van der Waals surface area (Å²) in [7, 11) is 0. The standard InChI is InChI=1S/C8H13NO2/c9-8(11)6-4-1-2-5(3-4)7(6)10/h4-7,10H,1-3H2,(H2,9,11). The fourth-order valence-electron chi connectivity index (χ4n) is 2.66. The Bertz CT molecular complexity index is 191. The molecule has 0 heterocycles. The van der Waals surface area contributed by atoms with Gasteiger partial charge in [0.1, 0.15) is 0 Å². The van der Waals surface area contributed by atoms with Crippen LogP contribution >= 0.6 is 0 Å². The average molecular weight is 155 g/mol. The number of amides is 1. The quantitative estimate of drug-likeness (QED) is 0.554. The number of hydrogen-bond acceptors (Lipinski definition) is 2. The van der Waals surface area contributed by atoms with E-state index in [4.69, 9.17) is 5.73 Å². The maximum atomic E-state index is 10.9. The number of rotatable bonds is 1. The van der Waals surface area contributed by atoms with Crippen LogP contribution in [0.3, 0.4) is 0 Å². The van der Waals surface area contributed by atoms with Gasteiger partial charge in [-0.15, -0.1) is 0 Å². The van der Waals surface area contributed by atoms with E-state index in [1.165, 1.54) is 0 Å². The molecule has 11 heavy (non-hydrogen) atoms. The van der Waals surface area contributed by atoms with Gasteiger partial charge in [0, 0.05) is 0 Å². The molecular formula is C8H13NO2. The Kier molecular flexibility index (Phi) is 1.42. The minimum absolute atomic E-state index is 0.242. The SMILES string of the molecule is NC(=O)C1C2CCC(C2)C1O. The van der Waals surface area contributed by atoms with Crippen molar-refractivity contribution in [2.45, 2.75) is 25.4 Å². The second-order valence-electron chi connectivity index (χ2n) is 3.75. The van der Waals surface area contributed by atoms with Gasteiger partial charge >= 0.3 is 0 Å². The molecule has 0 radical (unpaired) electrons. The van der Waals surface area contributed by atoms with Crippen molar-refractivity contribution < 1.29 is 9.90 Å². The highest BCUT2D eigenvalue weighted by Crippen LogP contribution is 2.48. The third-order valence-corrected chi connectivity index (χ3v) is 3.20. The first kappa shape index (κ1) is 7.10. The Labute approximate surface area is 65.6 Å². The third-order valence-electron chi connectivity index (χ3n) is 3.20. The zero-order chi connectivity index (χ0) is 8.01. The smallest absolute Gasteiger partial charge is 0.223 e. The molecule has 0 spiro atoms. The summed E-state index contributed by atoms with van der Waals surface area (Å²) in [4.78, 5) is 10.9. The summed E-state index contributed by atoms with van der Waals surface area (Å²) in [6, 6.07) is 0. The number of carbonyl (C=O) groups is 1. The topological polar surface area (TPSA) is 63.3 Å². The molecule has 2 saturated carbocycles. The molecule has 2 fully saturated rings. The molecule has 3 N–H and O–H groups in total. The number of carbonyl (C=O) groups excluding carboxylic acids is 1. The van der Waals surface area contributed by atoms with E-state index in [0.717, 1.165) is 19.3 Å². The van der Waals surface area contributed by atoms with Crippen LogP contribution in [0.4, 0.5) is 0 Å². The number of nitrogens with two attached hydrogens (primary N) is 1. The molecule has 3 nitrogen and oxygen atoms in total. The van der Waals surface area contributed by atoms with Gasteiger partial charge in [0.2, 0.25) is 5.91 Å². The molecule has 4 unspecified atom stereocenters. The van der Waals surface area contributed by atoms with E-state index < -0.39 is 6.10 Å². The zero-order valence-corrected chi connectivity index (χ0v) is 6.36. The minimum atomic E-state index is -0.439. The molecule has 2 rings (SSSR count). The lowest BCUT2D eigenvalue weighted by atomic mass is 9.86. The largest absolute Gasteiger partial charge is 0.392 e. The molecule has 1 amide bonds. The van der Waals surface area contributed by atoms with Crippen molar-refractivity contribution in [3.8, 4) is 0 Å². The summed E-state index contributed by atoms with van der Waals surface area (Å²) >= 11 is 0. The molecular weight excluding hydrogens is 142 g/mol. The fraction of sp³-hybridized carbons (Fsp3) is 0.875. The van der Waals surface area contributed by atoms with Gasteiger partial charge in [0.25, 0.3) is 0 Å². The van der Waals surface area contributed by atoms with Crippen LogP contribution < -0.4 is 5.73 Å². The van der Waals surface area contributed by atoms with Gasteiger partial charge in [0.15, 0.2) is 0 Å². The molecule has 0 aromatic carbocycles. The van der Waals surface area contributed by atoms with Gasteiger partial charge in [-0.05, 0) is 31.1 Å². The molecule has 2 bridgehead atoms. The fourth-order valence-corrected chi connectivity index (χ4v) is 2.66. The second-order valence-corrected chi connectivity index (χ2v) is 3.75. The van der Waals surface area contributed by atoms with E-state index in [1.807, 2.05) is 0 Å². The first-order valence-corrected chi connectivity index (χ1v) is 4.17. The summed E-state index contributed by atoms with van der Waals surface area (Å²) in [6.45, 7) is 0. The monoisotopic (exact) mass is 155 g/mol. The van der Waals surface area contributed by atoms with Gasteiger partial charge in [-0.2, -0.15) is 0 Å². The Hall–Kier alpha value is -0.570. The predicted octanol–water partition coefficient (Wildman–Crippen LogP) is -0.121. The molecule has 62 valence electrons. The molecule has 3 heteroatoms. The van der Waals surface area contributed by atoms with Crippen LogP contribution in [0.25, 0.3) is 0 Å². The van der Waals surface area contributed by atoms with Crippen LogP contribution in [0, 0.1) is 17.8 Å². The van der Waals surface area contributed by atoms with Gasteiger partial charge < -0.3 is 10.8 Å². The number of aliphatic hydroxyl groups is 1. The summed E-state index contributed by atoms with van der Waals surface area (Å²) in [5, 5.41) is 9.55. The van der Waals surface area contributed by atoms with Crippen molar-refractivity contribution in [1.82, 2.24) is 0 Å². The molecule has 0 aromatic heterocycles. The normalized spacial score (nSPS) is 48.1. The van der Waals surface area contributed by atoms with Crippen LogP contribution in [0.15, 0.2) is 0 Å². The predicted molar refractivity (Wildman–Crippen MR) is 39.5 cm³/mol. The lowest BCUT2D eigenvalue weighted by Gasteiger charge is -2.23. The Morgan fingerprint density at radius 1 is 1.36 bits per heavy atom. The Morgan fingerprint density at radius 3 is 2.36 bits per heavy atom. The van der Waals surface area contributed by atoms with Crippen molar-refractivity contribution >= 4 is 5.91 Å². The first-order chi connectivity index (χ1) is 5.20. The summed E-state index contributed by atoms with van der Waals surface area (Å²) in [5.41, 5.74) is 5.18. The summed E-state index contributed by atoms with van der Waals surface area (Å²) in [6.07, 6.45) is 2.73. The highest BCUT2D eigenvalue weighted by Gasteiger charge is 2.49. The van der Waals surface area contributed by atoms with Crippen molar-refractivity contribution in [3.63, 3.8) is 0 Å². The Morgan fingerprint density at radius 2 is 2.00 bits per heavy atom. The minimum Gasteiger partial charge on any atom is -0.392 e. The summed E-state index contributed by atoms with van der Waals surface area (Å²) in [5.74, 6) is 0.184. The molecule has 0 aromatic rings. The van der Waals surface area contributed by atoms with Crippen molar-refractivity contribution in [3.05, 3.63) is 0 Å². The molecule has 2 aliphatic carbocycles. The molecule has 2 aliphatic rings. The second kappa shape index (κ2) is 2.21. The van der Waals surface area contributed by atoms with E-state index in [0.29, 0.717) is 11.8 Å². The van der Waals surface area contributed by atoms with E-state index in [2.05, 4.69) is 0 Å². The van der Waals surface area contributed by atoms with Gasteiger partial charge in [0.05, 0.1) is 12.0 Å². The van der Waals surface area contributed by atoms with Gasteiger partial charge in [-0.25, -0.2) is 0 Å². The highest BCUT2D eigenvalue weighted by molar-refractivity contribution is 5.78.